The van der Waals surface area contributed by atoms with E-state index in [-0.39, 0.29) is 5.60 Å². The summed E-state index contributed by atoms with van der Waals surface area (Å²) in [4.78, 5) is 2.39. The molecule has 14 heavy (non-hydrogen) atoms. The first kappa shape index (κ1) is 10.4. The van der Waals surface area contributed by atoms with Crippen molar-refractivity contribution in [2.45, 2.75) is 39.2 Å². The third-order valence-electron chi connectivity index (χ3n) is 3.94. The molecule has 2 aliphatic heterocycles. The van der Waals surface area contributed by atoms with Crippen LogP contribution in [0.5, 0.6) is 0 Å². The minimum absolute atomic E-state index is 0.215. The number of rotatable bonds is 0. The van der Waals surface area contributed by atoms with Gasteiger partial charge in [0.25, 0.3) is 0 Å². The first-order chi connectivity index (χ1) is 6.41. The number of hydrogen-bond acceptors (Lipinski definition) is 2. The maximum Gasteiger partial charge on any atom is 0.0824 e. The molecule has 0 amide bonds. The largest absolute Gasteiger partial charge is 0.373 e. The summed E-state index contributed by atoms with van der Waals surface area (Å²) in [6.45, 7) is 10.3. The predicted octanol–water partition coefficient (Wildman–Crippen LogP) is 2.14. The Morgan fingerprint density at radius 3 is 2.50 bits per heavy atom. The molecule has 0 aliphatic carbocycles. The van der Waals surface area contributed by atoms with Gasteiger partial charge in [0.2, 0.25) is 0 Å². The topological polar surface area (TPSA) is 12.5 Å². The molecule has 0 bridgehead atoms. The van der Waals surface area contributed by atoms with Gasteiger partial charge in [-0.15, -0.1) is 0 Å². The van der Waals surface area contributed by atoms with Crippen LogP contribution in [0.15, 0.2) is 0 Å². The summed E-state index contributed by atoms with van der Waals surface area (Å²) in [6, 6.07) is 0. The molecule has 2 atom stereocenters. The Balaban J connectivity index is 2.01. The molecule has 82 valence electrons. The van der Waals surface area contributed by atoms with Crippen LogP contribution in [0, 0.1) is 11.3 Å². The third-order valence-corrected chi connectivity index (χ3v) is 3.94. The van der Waals surface area contributed by atoms with E-state index in [1.54, 1.807) is 0 Å². The average Bonchev–Trinajstić information content (AvgIpc) is 2.59. The molecule has 2 fully saturated rings. The molecule has 2 aliphatic rings. The van der Waals surface area contributed by atoms with Crippen molar-refractivity contribution >= 4 is 0 Å². The summed E-state index contributed by atoms with van der Waals surface area (Å²) in [5.41, 5.74) is 0.622. The zero-order chi connectivity index (χ0) is 10.4. The molecule has 0 aromatic heterocycles. The smallest absolute Gasteiger partial charge is 0.0824 e. The molecular weight excluding hydrogens is 174 g/mol. The molecule has 2 heteroatoms. The van der Waals surface area contributed by atoms with E-state index in [1.165, 1.54) is 19.4 Å². The monoisotopic (exact) mass is 197 g/mol. The van der Waals surface area contributed by atoms with Gasteiger partial charge >= 0.3 is 0 Å². The SMILES string of the molecule is CN1CCC2(CC(C(C)(C)C)CO2)C1. The number of likely N-dealkylation sites (tertiary alicyclic amines) is 1. The van der Waals surface area contributed by atoms with Crippen molar-refractivity contribution < 1.29 is 4.74 Å². The van der Waals surface area contributed by atoms with E-state index in [2.05, 4.69) is 32.7 Å². The molecular formula is C12H23NO. The Morgan fingerprint density at radius 1 is 1.36 bits per heavy atom. The van der Waals surface area contributed by atoms with E-state index in [9.17, 15) is 0 Å². The average molecular weight is 197 g/mol. The maximum atomic E-state index is 6.07. The van der Waals surface area contributed by atoms with E-state index in [4.69, 9.17) is 4.74 Å². The van der Waals surface area contributed by atoms with Crippen molar-refractivity contribution in [3.05, 3.63) is 0 Å². The molecule has 2 heterocycles. The van der Waals surface area contributed by atoms with E-state index in [0.29, 0.717) is 5.41 Å². The fourth-order valence-corrected chi connectivity index (χ4v) is 2.73. The van der Waals surface area contributed by atoms with Gasteiger partial charge in [-0.25, -0.2) is 0 Å². The highest BCUT2D eigenvalue weighted by molar-refractivity contribution is 4.98. The molecule has 2 unspecified atom stereocenters. The van der Waals surface area contributed by atoms with Gasteiger partial charge < -0.3 is 9.64 Å². The number of nitrogens with zero attached hydrogens (tertiary/aromatic N) is 1. The quantitative estimate of drug-likeness (QED) is 0.590. The highest BCUT2D eigenvalue weighted by atomic mass is 16.5. The standard InChI is InChI=1S/C12H23NO/c1-11(2,3)10-7-12(14-8-10)5-6-13(4)9-12/h10H,5-9H2,1-4H3. The summed E-state index contributed by atoms with van der Waals surface area (Å²) in [7, 11) is 2.20. The molecule has 2 rings (SSSR count). The predicted molar refractivity (Wildman–Crippen MR) is 58.4 cm³/mol. The summed E-state index contributed by atoms with van der Waals surface area (Å²) < 4.78 is 6.07. The van der Waals surface area contributed by atoms with Crippen molar-refractivity contribution in [1.82, 2.24) is 4.90 Å². The molecule has 0 aromatic carbocycles. The normalized spacial score (nSPS) is 39.9. The fourth-order valence-electron chi connectivity index (χ4n) is 2.73. The summed E-state index contributed by atoms with van der Waals surface area (Å²) in [5, 5.41) is 0. The van der Waals surface area contributed by atoms with Gasteiger partial charge in [0.15, 0.2) is 0 Å². The maximum absolute atomic E-state index is 6.07. The Kier molecular flexibility index (Phi) is 2.39. The Labute approximate surface area is 87.6 Å². The van der Waals surface area contributed by atoms with Crippen LogP contribution in [0.1, 0.15) is 33.6 Å². The lowest BCUT2D eigenvalue weighted by atomic mass is 9.77. The van der Waals surface area contributed by atoms with E-state index in [1.807, 2.05) is 0 Å². The van der Waals surface area contributed by atoms with Crippen molar-refractivity contribution in [2.24, 2.45) is 11.3 Å². The minimum atomic E-state index is 0.215. The fraction of sp³-hybridized carbons (Fsp3) is 1.00. The molecule has 2 saturated heterocycles. The van der Waals surface area contributed by atoms with Crippen molar-refractivity contribution in [3.63, 3.8) is 0 Å². The second-order valence-corrected chi connectivity index (χ2v) is 6.25. The van der Waals surface area contributed by atoms with Crippen LogP contribution in [-0.2, 0) is 4.74 Å². The molecule has 0 radical (unpaired) electrons. The summed E-state index contributed by atoms with van der Waals surface area (Å²) >= 11 is 0. The van der Waals surface area contributed by atoms with Crippen LogP contribution >= 0.6 is 0 Å². The highest BCUT2D eigenvalue weighted by Crippen LogP contribution is 2.44. The lowest BCUT2D eigenvalue weighted by Crippen LogP contribution is -2.32. The molecule has 0 N–H and O–H groups in total. The number of ether oxygens (including phenoxy) is 1. The first-order valence-corrected chi connectivity index (χ1v) is 5.74. The van der Waals surface area contributed by atoms with Crippen molar-refractivity contribution in [3.8, 4) is 0 Å². The Bertz CT molecular complexity index is 221. The van der Waals surface area contributed by atoms with Gasteiger partial charge in [0.05, 0.1) is 12.2 Å². The van der Waals surface area contributed by atoms with E-state index in [0.717, 1.165) is 19.1 Å². The van der Waals surface area contributed by atoms with Crippen LogP contribution in [0.2, 0.25) is 0 Å². The van der Waals surface area contributed by atoms with Gasteiger partial charge in [-0.05, 0) is 31.2 Å². The van der Waals surface area contributed by atoms with E-state index < -0.39 is 0 Å². The van der Waals surface area contributed by atoms with Gasteiger partial charge in [0, 0.05) is 13.1 Å². The second-order valence-electron chi connectivity index (χ2n) is 6.25. The van der Waals surface area contributed by atoms with Gasteiger partial charge in [-0.3, -0.25) is 0 Å². The third kappa shape index (κ3) is 1.82. The lowest BCUT2D eigenvalue weighted by Gasteiger charge is -2.27. The molecule has 1 spiro atoms. The van der Waals surface area contributed by atoms with Crippen LogP contribution in [0.3, 0.4) is 0 Å². The van der Waals surface area contributed by atoms with Crippen molar-refractivity contribution in [2.75, 3.05) is 26.7 Å². The molecule has 2 nitrogen and oxygen atoms in total. The Morgan fingerprint density at radius 2 is 2.07 bits per heavy atom. The van der Waals surface area contributed by atoms with Crippen LogP contribution in [0.4, 0.5) is 0 Å². The second kappa shape index (κ2) is 3.21. The van der Waals surface area contributed by atoms with Crippen LogP contribution < -0.4 is 0 Å². The first-order valence-electron chi connectivity index (χ1n) is 5.74. The van der Waals surface area contributed by atoms with Crippen LogP contribution in [-0.4, -0.2) is 37.2 Å². The van der Waals surface area contributed by atoms with Gasteiger partial charge in [-0.2, -0.15) is 0 Å². The number of likely N-dealkylation sites (N-methyl/N-ethyl adjacent to an activating group) is 1. The Hall–Kier alpha value is -0.0800. The summed E-state index contributed by atoms with van der Waals surface area (Å²) in [5.74, 6) is 0.744. The number of hydrogen-bond donors (Lipinski definition) is 0. The zero-order valence-electron chi connectivity index (χ0n) is 9.97. The zero-order valence-corrected chi connectivity index (χ0v) is 9.97. The molecule has 0 aromatic rings. The minimum Gasteiger partial charge on any atom is -0.373 e. The van der Waals surface area contributed by atoms with Gasteiger partial charge in [0.1, 0.15) is 0 Å². The van der Waals surface area contributed by atoms with Gasteiger partial charge in [-0.1, -0.05) is 20.8 Å². The van der Waals surface area contributed by atoms with E-state index >= 15 is 0 Å². The van der Waals surface area contributed by atoms with Crippen molar-refractivity contribution in [1.29, 1.82) is 0 Å². The highest BCUT2D eigenvalue weighted by Gasteiger charge is 2.47. The summed E-state index contributed by atoms with van der Waals surface area (Å²) in [6.07, 6.45) is 2.50. The lowest BCUT2D eigenvalue weighted by molar-refractivity contribution is 0.0118. The molecule has 0 saturated carbocycles. The van der Waals surface area contributed by atoms with Crippen LogP contribution in [0.25, 0.3) is 0 Å².